The van der Waals surface area contributed by atoms with E-state index in [0.29, 0.717) is 6.54 Å². The molecule has 0 aliphatic heterocycles. The van der Waals surface area contributed by atoms with E-state index in [1.54, 1.807) is 14.0 Å². The first-order valence-corrected chi connectivity index (χ1v) is 6.38. The van der Waals surface area contributed by atoms with E-state index in [1.165, 1.54) is 0 Å². The molecule has 1 atom stereocenters. The highest BCUT2D eigenvalue weighted by atomic mass is 16.5. The van der Waals surface area contributed by atoms with Crippen LogP contribution in [0.3, 0.4) is 0 Å². The minimum Gasteiger partial charge on any atom is -0.496 e. The first-order valence-electron chi connectivity index (χ1n) is 6.38. The van der Waals surface area contributed by atoms with E-state index in [1.807, 2.05) is 38.8 Å². The van der Waals surface area contributed by atoms with E-state index in [4.69, 9.17) is 9.84 Å². The van der Waals surface area contributed by atoms with E-state index in [0.717, 1.165) is 28.1 Å². The van der Waals surface area contributed by atoms with Crippen molar-refractivity contribution in [1.82, 2.24) is 0 Å². The van der Waals surface area contributed by atoms with Gasteiger partial charge in [-0.05, 0) is 43.5 Å². The summed E-state index contributed by atoms with van der Waals surface area (Å²) in [5.74, 6) is -0.294. The lowest BCUT2D eigenvalue weighted by atomic mass is 10.0. The van der Waals surface area contributed by atoms with Gasteiger partial charge in [0.1, 0.15) is 5.75 Å². The van der Waals surface area contributed by atoms with Gasteiger partial charge in [-0.15, -0.1) is 0 Å². The zero-order valence-corrected chi connectivity index (χ0v) is 12.6. The molecule has 0 bridgehead atoms. The molecule has 0 saturated heterocycles. The monoisotopic (exact) mass is 265 g/mol. The number of anilines is 1. The summed E-state index contributed by atoms with van der Waals surface area (Å²) in [6, 6.07) is 2.00. The molecular weight excluding hydrogens is 242 g/mol. The number of nitrogens with zero attached hydrogens (tertiary/aromatic N) is 1. The summed E-state index contributed by atoms with van der Waals surface area (Å²) in [5.41, 5.74) is 4.42. The number of carboxylic acids is 1. The van der Waals surface area contributed by atoms with Crippen LogP contribution in [0.15, 0.2) is 6.07 Å². The van der Waals surface area contributed by atoms with Gasteiger partial charge in [-0.2, -0.15) is 0 Å². The Balaban J connectivity index is 3.13. The first-order chi connectivity index (χ1) is 8.79. The second-order valence-corrected chi connectivity index (χ2v) is 5.11. The average molecular weight is 265 g/mol. The molecule has 0 fully saturated rings. The van der Waals surface area contributed by atoms with Crippen LogP contribution < -0.4 is 9.64 Å². The Bertz CT molecular complexity index is 483. The smallest absolute Gasteiger partial charge is 0.308 e. The number of aliphatic carboxylic acids is 1. The van der Waals surface area contributed by atoms with E-state index in [2.05, 4.69) is 0 Å². The summed E-state index contributed by atoms with van der Waals surface area (Å²) in [6.07, 6.45) is 0. The van der Waals surface area contributed by atoms with Crippen molar-refractivity contribution in [2.45, 2.75) is 27.7 Å². The van der Waals surface area contributed by atoms with Crippen LogP contribution in [-0.4, -0.2) is 31.8 Å². The van der Waals surface area contributed by atoms with Crippen LogP contribution in [0.2, 0.25) is 0 Å². The molecule has 4 nitrogen and oxygen atoms in total. The number of hydrogen-bond donors (Lipinski definition) is 1. The summed E-state index contributed by atoms with van der Waals surface area (Å²) in [4.78, 5) is 13.0. The maximum absolute atomic E-state index is 11.0. The first kappa shape index (κ1) is 15.3. The van der Waals surface area contributed by atoms with Gasteiger partial charge in [-0.3, -0.25) is 4.79 Å². The Labute approximate surface area is 115 Å². The van der Waals surface area contributed by atoms with Gasteiger partial charge >= 0.3 is 5.97 Å². The summed E-state index contributed by atoms with van der Waals surface area (Å²) < 4.78 is 5.35. The van der Waals surface area contributed by atoms with Gasteiger partial charge in [0.05, 0.1) is 13.0 Å². The number of methoxy groups -OCH3 is 1. The SMILES string of the molecule is COc1cc(C)c(N(C)CC(C)C(=O)O)c(C)c1C. The van der Waals surface area contributed by atoms with Gasteiger partial charge in [0.25, 0.3) is 0 Å². The number of aryl methyl sites for hydroxylation is 1. The number of carbonyl (C=O) groups is 1. The highest BCUT2D eigenvalue weighted by molar-refractivity contribution is 5.71. The second kappa shape index (κ2) is 5.95. The molecule has 1 aromatic carbocycles. The maximum Gasteiger partial charge on any atom is 0.308 e. The quantitative estimate of drug-likeness (QED) is 0.889. The lowest BCUT2D eigenvalue weighted by Gasteiger charge is -2.27. The summed E-state index contributed by atoms with van der Waals surface area (Å²) >= 11 is 0. The van der Waals surface area contributed by atoms with Gasteiger partial charge in [0.15, 0.2) is 0 Å². The molecule has 19 heavy (non-hydrogen) atoms. The Morgan fingerprint density at radius 3 is 2.42 bits per heavy atom. The minimum absolute atomic E-state index is 0.397. The number of rotatable bonds is 5. The Kier molecular flexibility index (Phi) is 4.81. The molecule has 1 rings (SSSR count). The van der Waals surface area contributed by atoms with Crippen molar-refractivity contribution < 1.29 is 14.6 Å². The fraction of sp³-hybridized carbons (Fsp3) is 0.533. The topological polar surface area (TPSA) is 49.8 Å². The molecule has 0 heterocycles. The van der Waals surface area contributed by atoms with Crippen LogP contribution in [0.25, 0.3) is 0 Å². The maximum atomic E-state index is 11.0. The van der Waals surface area contributed by atoms with Crippen LogP contribution in [0, 0.1) is 26.7 Å². The predicted molar refractivity (Wildman–Crippen MR) is 77.3 cm³/mol. The van der Waals surface area contributed by atoms with Crippen LogP contribution in [-0.2, 0) is 4.79 Å². The average Bonchev–Trinajstić information content (AvgIpc) is 2.33. The van der Waals surface area contributed by atoms with Crippen molar-refractivity contribution in [1.29, 1.82) is 0 Å². The van der Waals surface area contributed by atoms with E-state index in [-0.39, 0.29) is 0 Å². The largest absolute Gasteiger partial charge is 0.496 e. The fourth-order valence-corrected chi connectivity index (χ4v) is 2.41. The standard InChI is InChI=1S/C15H23NO3/c1-9-7-13(19-6)11(3)12(4)14(9)16(5)8-10(2)15(17)18/h7,10H,8H2,1-6H3,(H,17,18). The van der Waals surface area contributed by atoms with Gasteiger partial charge < -0.3 is 14.7 Å². The van der Waals surface area contributed by atoms with E-state index < -0.39 is 11.9 Å². The molecule has 1 aromatic rings. The van der Waals surface area contributed by atoms with Crippen molar-refractivity contribution in [3.8, 4) is 5.75 Å². The lowest BCUT2D eigenvalue weighted by Crippen LogP contribution is -2.29. The zero-order chi connectivity index (χ0) is 14.7. The molecule has 1 N–H and O–H groups in total. The molecule has 0 amide bonds. The molecule has 0 aromatic heterocycles. The molecule has 0 radical (unpaired) electrons. The molecular formula is C15H23NO3. The van der Waals surface area contributed by atoms with Gasteiger partial charge in [0, 0.05) is 19.3 Å². The third-order valence-electron chi connectivity index (χ3n) is 3.58. The Morgan fingerprint density at radius 2 is 1.95 bits per heavy atom. The van der Waals surface area contributed by atoms with Crippen molar-refractivity contribution >= 4 is 11.7 Å². The molecule has 0 saturated carbocycles. The highest BCUT2D eigenvalue weighted by Crippen LogP contribution is 2.33. The fourth-order valence-electron chi connectivity index (χ4n) is 2.41. The van der Waals surface area contributed by atoms with Gasteiger partial charge in [0.2, 0.25) is 0 Å². The highest BCUT2D eigenvalue weighted by Gasteiger charge is 2.18. The third-order valence-corrected chi connectivity index (χ3v) is 3.58. The third kappa shape index (κ3) is 3.19. The number of benzene rings is 1. The lowest BCUT2D eigenvalue weighted by molar-refractivity contribution is -0.140. The van der Waals surface area contributed by atoms with Crippen molar-refractivity contribution in [3.63, 3.8) is 0 Å². The molecule has 0 spiro atoms. The summed E-state index contributed by atoms with van der Waals surface area (Å²) in [6.45, 7) is 8.29. The van der Waals surface area contributed by atoms with Gasteiger partial charge in [-0.1, -0.05) is 6.92 Å². The number of ether oxygens (including phenoxy) is 1. The molecule has 4 heteroatoms. The predicted octanol–water partition coefficient (Wildman–Crippen LogP) is 2.78. The molecule has 0 aliphatic rings. The van der Waals surface area contributed by atoms with Crippen LogP contribution in [0.5, 0.6) is 5.75 Å². The van der Waals surface area contributed by atoms with Gasteiger partial charge in [-0.25, -0.2) is 0 Å². The van der Waals surface area contributed by atoms with Crippen LogP contribution in [0.4, 0.5) is 5.69 Å². The Morgan fingerprint density at radius 1 is 1.37 bits per heavy atom. The summed E-state index contributed by atoms with van der Waals surface area (Å²) in [5, 5.41) is 9.01. The molecule has 0 aliphatic carbocycles. The van der Waals surface area contributed by atoms with Crippen molar-refractivity contribution in [2.75, 3.05) is 25.6 Å². The minimum atomic E-state index is -0.771. The van der Waals surface area contributed by atoms with E-state index >= 15 is 0 Å². The number of carboxylic acid groups (broad SMARTS) is 1. The molecule has 1 unspecified atom stereocenters. The number of hydrogen-bond acceptors (Lipinski definition) is 3. The van der Waals surface area contributed by atoms with Crippen molar-refractivity contribution in [3.05, 3.63) is 22.8 Å². The van der Waals surface area contributed by atoms with Crippen LogP contribution in [0.1, 0.15) is 23.6 Å². The second-order valence-electron chi connectivity index (χ2n) is 5.11. The normalized spacial score (nSPS) is 12.1. The van der Waals surface area contributed by atoms with Crippen molar-refractivity contribution in [2.24, 2.45) is 5.92 Å². The Hall–Kier alpha value is -1.71. The van der Waals surface area contributed by atoms with Crippen LogP contribution >= 0.6 is 0 Å². The zero-order valence-electron chi connectivity index (χ0n) is 12.6. The summed E-state index contributed by atoms with van der Waals surface area (Å²) in [7, 11) is 3.60. The molecule has 106 valence electrons. The van der Waals surface area contributed by atoms with E-state index in [9.17, 15) is 4.79 Å².